The number of nitrogens with zero attached hydrogens (tertiary/aromatic N) is 1. The molecule has 0 aliphatic carbocycles. The first-order chi connectivity index (χ1) is 8.74. The van der Waals surface area contributed by atoms with Crippen molar-refractivity contribution in [1.82, 2.24) is 4.90 Å². The van der Waals surface area contributed by atoms with Gasteiger partial charge >= 0.3 is 0 Å². The predicted molar refractivity (Wildman–Crippen MR) is 73.0 cm³/mol. The second-order valence-electron chi connectivity index (χ2n) is 4.91. The summed E-state index contributed by atoms with van der Waals surface area (Å²) in [5, 5.41) is 9.69. The van der Waals surface area contributed by atoms with Crippen LogP contribution in [0.1, 0.15) is 38.7 Å². The third kappa shape index (κ3) is 2.96. The molecule has 18 heavy (non-hydrogen) atoms. The summed E-state index contributed by atoms with van der Waals surface area (Å²) in [4.78, 5) is 2.53. The molecule has 1 unspecified atom stereocenters. The molecule has 3 heteroatoms. The lowest BCUT2D eigenvalue weighted by Gasteiger charge is -2.23. The molecule has 1 N–H and O–H groups in total. The lowest BCUT2D eigenvalue weighted by molar-refractivity contribution is 0.239. The minimum absolute atomic E-state index is 0.231. The summed E-state index contributed by atoms with van der Waals surface area (Å²) < 4.78 is 5.43. The van der Waals surface area contributed by atoms with Crippen LogP contribution in [0.15, 0.2) is 18.2 Å². The second-order valence-corrected chi connectivity index (χ2v) is 4.91. The van der Waals surface area contributed by atoms with Crippen molar-refractivity contribution in [3.8, 4) is 11.5 Å². The van der Waals surface area contributed by atoms with E-state index in [1.807, 2.05) is 19.1 Å². The summed E-state index contributed by atoms with van der Waals surface area (Å²) in [6.07, 6.45) is 3.83. The van der Waals surface area contributed by atoms with Crippen LogP contribution in [0.3, 0.4) is 0 Å². The maximum absolute atomic E-state index is 9.69. The molecule has 0 bridgehead atoms. The van der Waals surface area contributed by atoms with Gasteiger partial charge < -0.3 is 9.84 Å². The number of rotatable bonds is 5. The molecule has 1 aromatic carbocycles. The van der Waals surface area contributed by atoms with E-state index in [2.05, 4.69) is 11.8 Å². The summed E-state index contributed by atoms with van der Waals surface area (Å²) in [6.45, 7) is 6.91. The van der Waals surface area contributed by atoms with E-state index < -0.39 is 0 Å². The first-order valence-corrected chi connectivity index (χ1v) is 6.93. The largest absolute Gasteiger partial charge is 0.504 e. The fourth-order valence-corrected chi connectivity index (χ4v) is 2.73. The van der Waals surface area contributed by atoms with Crippen molar-refractivity contribution in [2.45, 2.75) is 45.7 Å². The zero-order chi connectivity index (χ0) is 13.0. The lowest BCUT2D eigenvalue weighted by Crippen LogP contribution is -2.28. The van der Waals surface area contributed by atoms with Crippen molar-refractivity contribution in [3.63, 3.8) is 0 Å². The lowest BCUT2D eigenvalue weighted by atomic mass is 10.1. The van der Waals surface area contributed by atoms with Gasteiger partial charge in [0.05, 0.1) is 6.61 Å². The molecule has 0 spiro atoms. The maximum atomic E-state index is 9.69. The first kappa shape index (κ1) is 13.2. The van der Waals surface area contributed by atoms with Crippen LogP contribution in [0, 0.1) is 0 Å². The van der Waals surface area contributed by atoms with Gasteiger partial charge in [-0.2, -0.15) is 0 Å². The summed E-state index contributed by atoms with van der Waals surface area (Å²) in [6, 6.07) is 6.40. The SMILES string of the molecule is CCOc1cc(CN2CCCC2CC)ccc1O. The molecule has 0 radical (unpaired) electrons. The average Bonchev–Trinajstić information content (AvgIpc) is 2.81. The Hall–Kier alpha value is -1.22. The Balaban J connectivity index is 2.07. The van der Waals surface area contributed by atoms with Gasteiger partial charge in [0.1, 0.15) is 0 Å². The number of aromatic hydroxyl groups is 1. The van der Waals surface area contributed by atoms with Crippen LogP contribution >= 0.6 is 0 Å². The molecule has 0 aromatic heterocycles. The Morgan fingerprint density at radius 2 is 2.22 bits per heavy atom. The molecule has 1 aliphatic heterocycles. The van der Waals surface area contributed by atoms with E-state index >= 15 is 0 Å². The van der Waals surface area contributed by atoms with Gasteiger partial charge in [0, 0.05) is 12.6 Å². The smallest absolute Gasteiger partial charge is 0.161 e. The minimum atomic E-state index is 0.231. The third-order valence-corrected chi connectivity index (χ3v) is 3.68. The van der Waals surface area contributed by atoms with Crippen molar-refractivity contribution >= 4 is 0 Å². The van der Waals surface area contributed by atoms with Crippen LogP contribution in [0.2, 0.25) is 0 Å². The third-order valence-electron chi connectivity index (χ3n) is 3.68. The van der Waals surface area contributed by atoms with Gasteiger partial charge in [-0.25, -0.2) is 0 Å². The summed E-state index contributed by atoms with van der Waals surface area (Å²) in [7, 11) is 0. The molecule has 1 fully saturated rings. The Morgan fingerprint density at radius 3 is 2.94 bits per heavy atom. The van der Waals surface area contributed by atoms with Crippen LogP contribution < -0.4 is 4.74 Å². The van der Waals surface area contributed by atoms with E-state index in [4.69, 9.17) is 4.74 Å². The number of phenolic OH excluding ortho intramolecular Hbond substituents is 1. The van der Waals surface area contributed by atoms with E-state index in [9.17, 15) is 5.11 Å². The molecule has 3 nitrogen and oxygen atoms in total. The Labute approximate surface area is 109 Å². The number of phenols is 1. The summed E-state index contributed by atoms with van der Waals surface area (Å²) in [5.74, 6) is 0.830. The van der Waals surface area contributed by atoms with Crippen molar-refractivity contribution in [2.24, 2.45) is 0 Å². The Bertz CT molecular complexity index is 392. The number of likely N-dealkylation sites (tertiary alicyclic amines) is 1. The molecule has 1 heterocycles. The predicted octanol–water partition coefficient (Wildman–Crippen LogP) is 3.17. The maximum Gasteiger partial charge on any atom is 0.161 e. The highest BCUT2D eigenvalue weighted by Gasteiger charge is 2.22. The Kier molecular flexibility index (Phi) is 4.48. The van der Waals surface area contributed by atoms with E-state index in [0.29, 0.717) is 18.4 Å². The average molecular weight is 249 g/mol. The van der Waals surface area contributed by atoms with Gasteiger partial charge in [-0.3, -0.25) is 4.90 Å². The van der Waals surface area contributed by atoms with Gasteiger partial charge in [0.2, 0.25) is 0 Å². The molecule has 2 rings (SSSR count). The molecular weight excluding hydrogens is 226 g/mol. The van der Waals surface area contributed by atoms with Crippen molar-refractivity contribution in [3.05, 3.63) is 23.8 Å². The molecule has 1 saturated heterocycles. The molecule has 0 saturated carbocycles. The fourth-order valence-electron chi connectivity index (χ4n) is 2.73. The standard InChI is InChI=1S/C15H23NO2/c1-3-13-6-5-9-16(13)11-12-7-8-14(17)15(10-12)18-4-2/h7-8,10,13,17H,3-6,9,11H2,1-2H3. The first-order valence-electron chi connectivity index (χ1n) is 6.93. The van der Waals surface area contributed by atoms with Crippen LogP contribution in [-0.4, -0.2) is 29.2 Å². The quantitative estimate of drug-likeness (QED) is 0.870. The van der Waals surface area contributed by atoms with Crippen LogP contribution in [0.5, 0.6) is 11.5 Å². The van der Waals surface area contributed by atoms with Crippen molar-refractivity contribution < 1.29 is 9.84 Å². The second kappa shape index (κ2) is 6.10. The molecule has 100 valence electrons. The number of hydrogen-bond donors (Lipinski definition) is 1. The number of ether oxygens (including phenoxy) is 1. The fraction of sp³-hybridized carbons (Fsp3) is 0.600. The summed E-state index contributed by atoms with van der Waals surface area (Å²) >= 11 is 0. The molecule has 1 aliphatic rings. The zero-order valence-corrected chi connectivity index (χ0v) is 11.4. The van der Waals surface area contributed by atoms with E-state index in [1.54, 1.807) is 6.07 Å². The highest BCUT2D eigenvalue weighted by molar-refractivity contribution is 5.41. The van der Waals surface area contributed by atoms with Gasteiger partial charge in [-0.1, -0.05) is 13.0 Å². The van der Waals surface area contributed by atoms with Crippen molar-refractivity contribution in [2.75, 3.05) is 13.2 Å². The number of benzene rings is 1. The number of hydrogen-bond acceptors (Lipinski definition) is 3. The highest BCUT2D eigenvalue weighted by atomic mass is 16.5. The van der Waals surface area contributed by atoms with E-state index in [0.717, 1.165) is 6.54 Å². The molecule has 1 atom stereocenters. The highest BCUT2D eigenvalue weighted by Crippen LogP contribution is 2.29. The minimum Gasteiger partial charge on any atom is -0.504 e. The Morgan fingerprint density at radius 1 is 1.39 bits per heavy atom. The molecular formula is C15H23NO2. The van der Waals surface area contributed by atoms with Gasteiger partial charge in [-0.15, -0.1) is 0 Å². The van der Waals surface area contributed by atoms with E-state index in [-0.39, 0.29) is 5.75 Å². The van der Waals surface area contributed by atoms with E-state index in [1.165, 1.54) is 31.4 Å². The van der Waals surface area contributed by atoms with Gasteiger partial charge in [0.25, 0.3) is 0 Å². The monoisotopic (exact) mass is 249 g/mol. The zero-order valence-electron chi connectivity index (χ0n) is 11.4. The molecule has 1 aromatic rings. The van der Waals surface area contributed by atoms with Gasteiger partial charge in [-0.05, 0) is 50.4 Å². The molecule has 0 amide bonds. The van der Waals surface area contributed by atoms with Crippen molar-refractivity contribution in [1.29, 1.82) is 0 Å². The van der Waals surface area contributed by atoms with Crippen LogP contribution in [0.4, 0.5) is 0 Å². The topological polar surface area (TPSA) is 32.7 Å². The van der Waals surface area contributed by atoms with Crippen LogP contribution in [-0.2, 0) is 6.54 Å². The van der Waals surface area contributed by atoms with Gasteiger partial charge in [0.15, 0.2) is 11.5 Å². The normalized spacial score (nSPS) is 20.2. The summed E-state index contributed by atoms with van der Waals surface area (Å²) in [5.41, 5.74) is 1.22. The van der Waals surface area contributed by atoms with Crippen LogP contribution in [0.25, 0.3) is 0 Å².